The van der Waals surface area contributed by atoms with Crippen LogP contribution < -0.4 is 0 Å². The maximum absolute atomic E-state index is 11.5. The first-order chi connectivity index (χ1) is 9.70. The van der Waals surface area contributed by atoms with Crippen LogP contribution in [0.4, 0.5) is 0 Å². The Hall–Kier alpha value is -0.970. The molecule has 1 rings (SSSR count). The molecule has 0 bridgehead atoms. The SMILES string of the molecule is CC(Cl)(Cl)Cl.CCOC(=O)c1ccccc1C(=O)OCC. The first kappa shape index (κ1) is 20.0. The van der Waals surface area contributed by atoms with Gasteiger partial charge in [-0.15, -0.1) is 0 Å². The third-order valence-corrected chi connectivity index (χ3v) is 1.92. The predicted octanol–water partition coefficient (Wildman–Crippen LogP) is 4.42. The molecular formula is C14H17Cl3O4. The zero-order chi connectivity index (χ0) is 16.5. The third-order valence-electron chi connectivity index (χ3n) is 1.92. The monoisotopic (exact) mass is 354 g/mol. The number of rotatable bonds is 4. The van der Waals surface area contributed by atoms with E-state index in [2.05, 4.69) is 0 Å². The van der Waals surface area contributed by atoms with E-state index in [1.165, 1.54) is 6.92 Å². The second-order valence-electron chi connectivity index (χ2n) is 3.77. The number of ether oxygens (including phenoxy) is 2. The zero-order valence-electron chi connectivity index (χ0n) is 12.0. The molecule has 0 amide bonds. The second kappa shape index (κ2) is 9.87. The Bertz CT molecular complexity index is 427. The molecule has 118 valence electrons. The minimum Gasteiger partial charge on any atom is -0.462 e. The van der Waals surface area contributed by atoms with Crippen molar-refractivity contribution >= 4 is 46.7 Å². The topological polar surface area (TPSA) is 52.6 Å². The van der Waals surface area contributed by atoms with Crippen LogP contribution in [-0.2, 0) is 9.47 Å². The zero-order valence-corrected chi connectivity index (χ0v) is 14.3. The Kier molecular flexibility index (Phi) is 9.42. The number of esters is 2. The first-order valence-corrected chi connectivity index (χ1v) is 7.34. The molecular weight excluding hydrogens is 339 g/mol. The van der Waals surface area contributed by atoms with Gasteiger partial charge in [0.1, 0.15) is 0 Å². The number of alkyl halides is 3. The highest BCUT2D eigenvalue weighted by atomic mass is 35.6. The normalized spacial score (nSPS) is 10.2. The summed E-state index contributed by atoms with van der Waals surface area (Å²) in [5, 5.41) is 0. The van der Waals surface area contributed by atoms with Crippen LogP contribution in [0.1, 0.15) is 41.5 Å². The quantitative estimate of drug-likeness (QED) is 0.593. The molecule has 0 aliphatic carbocycles. The lowest BCUT2D eigenvalue weighted by atomic mass is 10.1. The van der Waals surface area contributed by atoms with Crippen LogP contribution in [0.2, 0.25) is 0 Å². The largest absolute Gasteiger partial charge is 0.462 e. The molecule has 1 aromatic carbocycles. The summed E-state index contributed by atoms with van der Waals surface area (Å²) >= 11 is 15.2. The van der Waals surface area contributed by atoms with Crippen LogP contribution in [-0.4, -0.2) is 28.9 Å². The summed E-state index contributed by atoms with van der Waals surface area (Å²) in [5.41, 5.74) is 0.477. The van der Waals surface area contributed by atoms with E-state index in [-0.39, 0.29) is 24.3 Å². The lowest BCUT2D eigenvalue weighted by Gasteiger charge is -2.07. The van der Waals surface area contributed by atoms with Crippen molar-refractivity contribution in [2.75, 3.05) is 13.2 Å². The maximum Gasteiger partial charge on any atom is 0.338 e. The minimum atomic E-state index is -1.08. The highest BCUT2D eigenvalue weighted by Gasteiger charge is 2.17. The molecule has 4 nitrogen and oxygen atoms in total. The van der Waals surface area contributed by atoms with E-state index in [0.717, 1.165) is 0 Å². The molecule has 0 aliphatic rings. The van der Waals surface area contributed by atoms with Gasteiger partial charge >= 0.3 is 11.9 Å². The summed E-state index contributed by atoms with van der Waals surface area (Å²) < 4.78 is 8.62. The van der Waals surface area contributed by atoms with Crippen LogP contribution in [0, 0.1) is 0 Å². The van der Waals surface area contributed by atoms with E-state index in [0.29, 0.717) is 0 Å². The smallest absolute Gasteiger partial charge is 0.338 e. The Labute approximate surface area is 139 Å². The summed E-state index contributed by atoms with van der Waals surface area (Å²) in [6.07, 6.45) is 0. The Morgan fingerprint density at radius 3 is 1.48 bits per heavy atom. The first-order valence-electron chi connectivity index (χ1n) is 6.20. The molecule has 0 radical (unpaired) electrons. The summed E-state index contributed by atoms with van der Waals surface area (Å²) in [4.78, 5) is 23.1. The molecule has 7 heteroatoms. The fourth-order valence-corrected chi connectivity index (χ4v) is 1.26. The van der Waals surface area contributed by atoms with Crippen LogP contribution >= 0.6 is 34.8 Å². The van der Waals surface area contributed by atoms with Crippen LogP contribution in [0.5, 0.6) is 0 Å². The molecule has 0 aromatic heterocycles. The highest BCUT2D eigenvalue weighted by Crippen LogP contribution is 2.23. The lowest BCUT2D eigenvalue weighted by molar-refractivity contribution is 0.0479. The molecule has 0 saturated heterocycles. The predicted molar refractivity (Wildman–Crippen MR) is 84.3 cm³/mol. The number of halogens is 3. The van der Waals surface area contributed by atoms with Gasteiger partial charge in [0.2, 0.25) is 0 Å². The van der Waals surface area contributed by atoms with Crippen molar-refractivity contribution in [3.05, 3.63) is 35.4 Å². The van der Waals surface area contributed by atoms with Crippen LogP contribution in [0.15, 0.2) is 24.3 Å². The van der Waals surface area contributed by atoms with E-state index in [1.807, 2.05) is 0 Å². The number of benzene rings is 1. The Morgan fingerprint density at radius 1 is 0.952 bits per heavy atom. The van der Waals surface area contributed by atoms with Crippen molar-refractivity contribution in [2.24, 2.45) is 0 Å². The summed E-state index contributed by atoms with van der Waals surface area (Å²) in [5.74, 6) is -1.02. The molecule has 0 N–H and O–H groups in total. The van der Waals surface area contributed by atoms with Crippen molar-refractivity contribution in [2.45, 2.75) is 24.6 Å². The van der Waals surface area contributed by atoms with Crippen molar-refractivity contribution < 1.29 is 19.1 Å². The van der Waals surface area contributed by atoms with Gasteiger partial charge in [0, 0.05) is 0 Å². The van der Waals surface area contributed by atoms with Crippen LogP contribution in [0.25, 0.3) is 0 Å². The molecule has 0 aliphatic heterocycles. The van der Waals surface area contributed by atoms with Gasteiger partial charge in [0.25, 0.3) is 0 Å². The van der Waals surface area contributed by atoms with E-state index in [1.54, 1.807) is 38.1 Å². The summed E-state index contributed by atoms with van der Waals surface area (Å²) in [6, 6.07) is 6.44. The number of hydrogen-bond donors (Lipinski definition) is 0. The molecule has 0 atom stereocenters. The van der Waals surface area contributed by atoms with Gasteiger partial charge in [-0.1, -0.05) is 46.9 Å². The van der Waals surface area contributed by atoms with Crippen molar-refractivity contribution in [1.82, 2.24) is 0 Å². The lowest BCUT2D eigenvalue weighted by Crippen LogP contribution is -2.13. The van der Waals surface area contributed by atoms with Gasteiger partial charge in [-0.2, -0.15) is 0 Å². The number of carbonyl (C=O) groups excluding carboxylic acids is 2. The van der Waals surface area contributed by atoms with E-state index in [4.69, 9.17) is 44.3 Å². The Balaban J connectivity index is 0.000000690. The van der Waals surface area contributed by atoms with Crippen LogP contribution in [0.3, 0.4) is 0 Å². The number of carbonyl (C=O) groups is 2. The van der Waals surface area contributed by atoms with Gasteiger partial charge in [-0.25, -0.2) is 9.59 Å². The summed E-state index contributed by atoms with van der Waals surface area (Å²) in [6.45, 7) is 5.46. The van der Waals surface area contributed by atoms with Crippen molar-refractivity contribution in [1.29, 1.82) is 0 Å². The third kappa shape index (κ3) is 9.56. The van der Waals surface area contributed by atoms with Crippen molar-refractivity contribution in [3.63, 3.8) is 0 Å². The molecule has 0 unspecified atom stereocenters. The minimum absolute atomic E-state index is 0.239. The fraction of sp³-hybridized carbons (Fsp3) is 0.429. The molecule has 0 saturated carbocycles. The van der Waals surface area contributed by atoms with Gasteiger partial charge < -0.3 is 9.47 Å². The van der Waals surface area contributed by atoms with Gasteiger partial charge in [0.15, 0.2) is 3.79 Å². The molecule has 0 fully saturated rings. The Morgan fingerprint density at radius 2 is 1.24 bits per heavy atom. The van der Waals surface area contributed by atoms with Gasteiger partial charge in [-0.05, 0) is 32.9 Å². The fourth-order valence-electron chi connectivity index (χ4n) is 1.26. The molecule has 0 heterocycles. The second-order valence-corrected chi connectivity index (χ2v) is 6.62. The number of hydrogen-bond acceptors (Lipinski definition) is 4. The van der Waals surface area contributed by atoms with E-state index >= 15 is 0 Å². The van der Waals surface area contributed by atoms with E-state index < -0.39 is 15.7 Å². The molecule has 1 aromatic rings. The van der Waals surface area contributed by atoms with Crippen molar-refractivity contribution in [3.8, 4) is 0 Å². The molecule has 21 heavy (non-hydrogen) atoms. The average Bonchev–Trinajstić information content (AvgIpc) is 2.37. The average molecular weight is 356 g/mol. The van der Waals surface area contributed by atoms with Gasteiger partial charge in [-0.3, -0.25) is 0 Å². The highest BCUT2D eigenvalue weighted by molar-refractivity contribution is 6.67. The standard InChI is InChI=1S/C12H14O4.C2H3Cl3/c1-3-15-11(13)9-7-5-6-8-10(9)12(14)16-4-2;1-2(3,4)5/h5-8H,3-4H2,1-2H3;1H3. The molecule has 0 spiro atoms. The summed E-state index contributed by atoms with van der Waals surface area (Å²) in [7, 11) is 0. The van der Waals surface area contributed by atoms with E-state index in [9.17, 15) is 9.59 Å². The maximum atomic E-state index is 11.5. The van der Waals surface area contributed by atoms with Gasteiger partial charge in [0.05, 0.1) is 24.3 Å².